The Labute approximate surface area is 122 Å². The fraction of sp³-hybridized carbons (Fsp3) is 0.556. The third-order valence-electron chi connectivity index (χ3n) is 5.58. The van der Waals surface area contributed by atoms with Gasteiger partial charge in [0.25, 0.3) is 0 Å². The van der Waals surface area contributed by atoms with Gasteiger partial charge in [-0.25, -0.2) is 0 Å². The van der Waals surface area contributed by atoms with Gasteiger partial charge in [0.2, 0.25) is 0 Å². The van der Waals surface area contributed by atoms with Gasteiger partial charge in [-0.15, -0.1) is 0 Å². The lowest BCUT2D eigenvalue weighted by atomic mass is 9.59. The lowest BCUT2D eigenvalue weighted by molar-refractivity contribution is 0.0381. The maximum atomic E-state index is 9.84. The number of nitrogens with zero attached hydrogens (tertiary/aromatic N) is 1. The quantitative estimate of drug-likeness (QED) is 0.832. The molecule has 1 saturated heterocycles. The summed E-state index contributed by atoms with van der Waals surface area (Å²) in [5, 5.41) is 9.84. The van der Waals surface area contributed by atoms with E-state index in [9.17, 15) is 5.11 Å². The zero-order valence-electron chi connectivity index (χ0n) is 12.8. The van der Waals surface area contributed by atoms with Crippen molar-refractivity contribution in [3.05, 3.63) is 41.5 Å². The highest BCUT2D eigenvalue weighted by Crippen LogP contribution is 2.49. The highest BCUT2D eigenvalue weighted by Gasteiger charge is 2.48. The smallest absolute Gasteiger partial charge is 0.115 e. The first-order chi connectivity index (χ1) is 9.41. The van der Waals surface area contributed by atoms with Crippen molar-refractivity contribution in [1.29, 1.82) is 0 Å². The summed E-state index contributed by atoms with van der Waals surface area (Å²) in [5.41, 5.74) is 4.23. The summed E-state index contributed by atoms with van der Waals surface area (Å²) < 4.78 is 0. The van der Waals surface area contributed by atoms with Gasteiger partial charge in [-0.05, 0) is 60.9 Å². The van der Waals surface area contributed by atoms with Gasteiger partial charge in [-0.2, -0.15) is 0 Å². The number of phenols is 1. The molecule has 2 bridgehead atoms. The van der Waals surface area contributed by atoms with E-state index in [1.807, 2.05) is 12.1 Å². The number of likely N-dealkylation sites (tertiary alicyclic amines) is 1. The van der Waals surface area contributed by atoms with Gasteiger partial charge in [0.15, 0.2) is 0 Å². The molecule has 3 atom stereocenters. The maximum Gasteiger partial charge on any atom is 0.115 e. The van der Waals surface area contributed by atoms with Crippen LogP contribution in [0.15, 0.2) is 30.4 Å². The molecule has 1 aliphatic heterocycles. The molecule has 1 aromatic rings. The highest BCUT2D eigenvalue weighted by atomic mass is 16.3. The van der Waals surface area contributed by atoms with Crippen LogP contribution in [0.5, 0.6) is 5.75 Å². The van der Waals surface area contributed by atoms with Crippen LogP contribution in [0.25, 0.3) is 0 Å². The minimum Gasteiger partial charge on any atom is -0.508 e. The van der Waals surface area contributed by atoms with Crippen molar-refractivity contribution in [2.45, 2.75) is 45.1 Å². The minimum absolute atomic E-state index is 0.197. The van der Waals surface area contributed by atoms with Gasteiger partial charge in [0, 0.05) is 12.6 Å². The number of fused-ring (bicyclic) bond motifs is 4. The van der Waals surface area contributed by atoms with Crippen LogP contribution in [0.4, 0.5) is 0 Å². The van der Waals surface area contributed by atoms with E-state index < -0.39 is 0 Å². The Bertz CT molecular complexity index is 550. The van der Waals surface area contributed by atoms with E-state index in [-0.39, 0.29) is 5.41 Å². The second-order valence-electron chi connectivity index (χ2n) is 7.00. The molecule has 108 valence electrons. The standard InChI is InChI=1S/C18H25NO/c1-12(2)11-19-8-7-18(4)13(3)17(19)9-14-5-6-15(20)10-16(14)18/h5-6,10,13,17,20H,1,7-9,11H2,2-4H3. The molecule has 0 radical (unpaired) electrons. The van der Waals surface area contributed by atoms with Crippen molar-refractivity contribution in [3.8, 4) is 5.75 Å². The van der Waals surface area contributed by atoms with E-state index in [4.69, 9.17) is 0 Å². The van der Waals surface area contributed by atoms with Gasteiger partial charge in [0.1, 0.15) is 5.75 Å². The molecule has 1 aromatic carbocycles. The molecule has 0 spiro atoms. The molecule has 0 amide bonds. The summed E-state index contributed by atoms with van der Waals surface area (Å²) in [7, 11) is 0. The first-order valence-electron chi connectivity index (χ1n) is 7.62. The van der Waals surface area contributed by atoms with Crippen molar-refractivity contribution in [2.75, 3.05) is 13.1 Å². The molecular weight excluding hydrogens is 246 g/mol. The third-order valence-corrected chi connectivity index (χ3v) is 5.58. The molecule has 20 heavy (non-hydrogen) atoms. The summed E-state index contributed by atoms with van der Waals surface area (Å²) in [6.07, 6.45) is 2.26. The molecule has 2 aliphatic rings. The molecule has 2 heteroatoms. The van der Waals surface area contributed by atoms with Crippen molar-refractivity contribution < 1.29 is 5.11 Å². The number of piperidine rings is 1. The predicted octanol–water partition coefficient (Wildman–Crippen LogP) is 3.49. The van der Waals surface area contributed by atoms with Gasteiger partial charge in [-0.3, -0.25) is 4.90 Å². The van der Waals surface area contributed by atoms with Crippen molar-refractivity contribution in [1.82, 2.24) is 4.90 Å². The Morgan fingerprint density at radius 3 is 2.95 bits per heavy atom. The Hall–Kier alpha value is -1.28. The van der Waals surface area contributed by atoms with Crippen LogP contribution in [-0.2, 0) is 11.8 Å². The number of aromatic hydroxyl groups is 1. The third kappa shape index (κ3) is 1.98. The Morgan fingerprint density at radius 2 is 2.25 bits per heavy atom. The van der Waals surface area contributed by atoms with Crippen LogP contribution in [0.3, 0.4) is 0 Å². The van der Waals surface area contributed by atoms with Crippen LogP contribution in [-0.4, -0.2) is 29.1 Å². The number of benzene rings is 1. The van der Waals surface area contributed by atoms with Crippen molar-refractivity contribution in [3.63, 3.8) is 0 Å². The van der Waals surface area contributed by atoms with Gasteiger partial charge < -0.3 is 5.11 Å². The minimum atomic E-state index is 0.197. The zero-order chi connectivity index (χ0) is 14.5. The molecule has 1 fully saturated rings. The van der Waals surface area contributed by atoms with E-state index in [1.165, 1.54) is 16.7 Å². The molecule has 2 nitrogen and oxygen atoms in total. The summed E-state index contributed by atoms with van der Waals surface area (Å²) in [5.74, 6) is 1.02. The first-order valence-corrected chi connectivity index (χ1v) is 7.62. The predicted molar refractivity (Wildman–Crippen MR) is 83.1 cm³/mol. The molecule has 1 N–H and O–H groups in total. The fourth-order valence-electron chi connectivity index (χ4n) is 4.24. The average Bonchev–Trinajstić information content (AvgIpc) is 2.38. The van der Waals surface area contributed by atoms with Crippen LogP contribution in [0, 0.1) is 5.92 Å². The Kier molecular flexibility index (Phi) is 3.17. The van der Waals surface area contributed by atoms with E-state index >= 15 is 0 Å². The SMILES string of the molecule is C=C(C)CN1CCC2(C)c3cc(O)ccc3CC1C2C. The number of hydrogen-bond acceptors (Lipinski definition) is 2. The molecule has 3 unspecified atom stereocenters. The van der Waals surface area contributed by atoms with Crippen LogP contribution in [0.1, 0.15) is 38.3 Å². The van der Waals surface area contributed by atoms with Crippen molar-refractivity contribution >= 4 is 0 Å². The monoisotopic (exact) mass is 271 g/mol. The topological polar surface area (TPSA) is 23.5 Å². The highest BCUT2D eigenvalue weighted by molar-refractivity contribution is 5.44. The molecular formula is C18H25NO. The lowest BCUT2D eigenvalue weighted by Gasteiger charge is -2.54. The summed E-state index contributed by atoms with van der Waals surface area (Å²) in [6, 6.07) is 6.54. The number of phenolic OH excluding ortho intramolecular Hbond substituents is 1. The summed E-state index contributed by atoms with van der Waals surface area (Å²) in [6.45, 7) is 13.1. The van der Waals surface area contributed by atoms with Crippen LogP contribution < -0.4 is 0 Å². The molecule has 1 aliphatic carbocycles. The van der Waals surface area contributed by atoms with Crippen molar-refractivity contribution in [2.24, 2.45) is 5.92 Å². The zero-order valence-corrected chi connectivity index (χ0v) is 12.8. The van der Waals surface area contributed by atoms with E-state index in [0.29, 0.717) is 17.7 Å². The van der Waals surface area contributed by atoms with Gasteiger partial charge in [-0.1, -0.05) is 32.1 Å². The van der Waals surface area contributed by atoms with E-state index in [1.54, 1.807) is 0 Å². The largest absolute Gasteiger partial charge is 0.508 e. The van der Waals surface area contributed by atoms with E-state index in [2.05, 4.69) is 38.3 Å². The second kappa shape index (κ2) is 4.63. The Balaban J connectivity index is 2.01. The van der Waals surface area contributed by atoms with E-state index in [0.717, 1.165) is 25.9 Å². The summed E-state index contributed by atoms with van der Waals surface area (Å²) >= 11 is 0. The normalized spacial score (nSPS) is 32.8. The Morgan fingerprint density at radius 1 is 1.50 bits per heavy atom. The first kappa shape index (κ1) is 13.7. The molecule has 3 rings (SSSR count). The maximum absolute atomic E-state index is 9.84. The number of rotatable bonds is 2. The average molecular weight is 271 g/mol. The molecule has 1 heterocycles. The fourth-order valence-corrected chi connectivity index (χ4v) is 4.24. The lowest BCUT2D eigenvalue weighted by Crippen LogP contribution is -2.58. The molecule has 0 aromatic heterocycles. The number of hydrogen-bond donors (Lipinski definition) is 1. The van der Waals surface area contributed by atoms with Crippen LogP contribution in [0.2, 0.25) is 0 Å². The van der Waals surface area contributed by atoms with Gasteiger partial charge in [0.05, 0.1) is 0 Å². The van der Waals surface area contributed by atoms with Gasteiger partial charge >= 0.3 is 0 Å². The van der Waals surface area contributed by atoms with Crippen LogP contribution >= 0.6 is 0 Å². The second-order valence-corrected chi connectivity index (χ2v) is 7.00. The molecule has 0 saturated carbocycles. The summed E-state index contributed by atoms with van der Waals surface area (Å²) in [4.78, 5) is 2.60.